The van der Waals surface area contributed by atoms with E-state index >= 15 is 0 Å². The molecular weight excluding hydrogens is 530 g/mol. The van der Waals surface area contributed by atoms with Crippen molar-refractivity contribution in [3.8, 4) is 22.4 Å². The highest BCUT2D eigenvalue weighted by Crippen LogP contribution is 2.45. The molecule has 2 saturated heterocycles. The van der Waals surface area contributed by atoms with Gasteiger partial charge in [0.25, 0.3) is 0 Å². The normalized spacial score (nSPS) is 21.5. The quantitative estimate of drug-likeness (QED) is 0.207. The highest BCUT2D eigenvalue weighted by atomic mass is 16.2. The number of carbonyl (C=O) groups is 2. The molecule has 11 heteroatoms. The molecule has 4 aromatic rings. The number of amidine groups is 2. The van der Waals surface area contributed by atoms with Crippen molar-refractivity contribution in [3.63, 3.8) is 0 Å². The number of carbonyl (C=O) groups excluding carboxylic acids is 2. The van der Waals surface area contributed by atoms with Crippen molar-refractivity contribution in [2.24, 2.45) is 15.7 Å². The first kappa shape index (κ1) is 26.0. The Morgan fingerprint density at radius 2 is 1.76 bits per heavy atom. The van der Waals surface area contributed by atoms with Gasteiger partial charge in [-0.1, -0.05) is 36.4 Å². The monoisotopic (exact) mass is 561 g/mol. The number of nitrogens with zero attached hydrogens (tertiary/aromatic N) is 7. The summed E-state index contributed by atoms with van der Waals surface area (Å²) in [5.41, 5.74) is 17.8. The molecule has 0 saturated carbocycles. The fourth-order valence-electron chi connectivity index (χ4n) is 6.59. The van der Waals surface area contributed by atoms with E-state index in [1.807, 2.05) is 53.6 Å². The van der Waals surface area contributed by atoms with Crippen LogP contribution in [0.15, 0.2) is 64.8 Å². The molecule has 2 fully saturated rings. The van der Waals surface area contributed by atoms with Crippen molar-refractivity contribution in [2.75, 3.05) is 12.3 Å². The minimum Gasteiger partial charge on any atom is -0.387 e. The number of aromatic nitrogens is 4. The van der Waals surface area contributed by atoms with Crippen LogP contribution < -0.4 is 11.5 Å². The van der Waals surface area contributed by atoms with Crippen LogP contribution in [0, 0.1) is 0 Å². The predicted octanol–water partition coefficient (Wildman–Crippen LogP) is 3.64. The van der Waals surface area contributed by atoms with E-state index in [4.69, 9.17) is 16.5 Å². The maximum Gasteiger partial charge on any atom is 0.230 e. The van der Waals surface area contributed by atoms with E-state index < -0.39 is 0 Å². The Labute approximate surface area is 242 Å². The van der Waals surface area contributed by atoms with Crippen LogP contribution in [-0.4, -0.2) is 66.5 Å². The number of amides is 1. The zero-order valence-electron chi connectivity index (χ0n) is 23.3. The zero-order valence-corrected chi connectivity index (χ0v) is 23.3. The van der Waals surface area contributed by atoms with Crippen LogP contribution in [0.5, 0.6) is 0 Å². The molecule has 3 aliphatic rings. The van der Waals surface area contributed by atoms with E-state index in [-0.39, 0.29) is 41.9 Å². The minimum atomic E-state index is -0.152. The highest BCUT2D eigenvalue weighted by Gasteiger charge is 2.45. The SMILES string of the molecule is CC(=O)c1c(C2CC3CCC(C2)N3C(=O)CC(N)=NC2=NC2)nc2c(-c3ccc(-c4ccccc4)nc3)cnn2c1N. The molecule has 6 heterocycles. The zero-order chi connectivity index (χ0) is 29.0. The number of ketones is 1. The molecule has 7 rings (SSSR count). The predicted molar refractivity (Wildman–Crippen MR) is 160 cm³/mol. The second-order valence-corrected chi connectivity index (χ2v) is 11.3. The highest BCUT2D eigenvalue weighted by molar-refractivity contribution is 6.08. The average molecular weight is 562 g/mol. The molecule has 3 aliphatic heterocycles. The number of fused-ring (bicyclic) bond motifs is 3. The van der Waals surface area contributed by atoms with Gasteiger partial charge in [-0.2, -0.15) is 9.61 Å². The van der Waals surface area contributed by atoms with E-state index in [2.05, 4.69) is 20.1 Å². The number of nitrogens with two attached hydrogens (primary N) is 2. The Morgan fingerprint density at radius 3 is 2.40 bits per heavy atom. The summed E-state index contributed by atoms with van der Waals surface area (Å²) >= 11 is 0. The Hall–Kier alpha value is -4.93. The van der Waals surface area contributed by atoms with Gasteiger partial charge >= 0.3 is 0 Å². The molecule has 2 bridgehead atoms. The lowest BCUT2D eigenvalue weighted by atomic mass is 9.85. The molecule has 0 aliphatic carbocycles. The van der Waals surface area contributed by atoms with Crippen molar-refractivity contribution < 1.29 is 9.59 Å². The molecular formula is C31H31N9O2. The van der Waals surface area contributed by atoms with E-state index in [0.717, 1.165) is 35.2 Å². The molecule has 11 nitrogen and oxygen atoms in total. The second kappa shape index (κ2) is 10.2. The first-order valence-electron chi connectivity index (χ1n) is 14.2. The molecule has 1 aromatic carbocycles. The van der Waals surface area contributed by atoms with Gasteiger partial charge in [-0.05, 0) is 38.7 Å². The lowest BCUT2D eigenvalue weighted by molar-refractivity contribution is -0.134. The molecule has 3 aromatic heterocycles. The van der Waals surface area contributed by atoms with Gasteiger partial charge in [0.15, 0.2) is 11.4 Å². The number of aliphatic imine (C=N–C) groups is 2. The maximum atomic E-state index is 13.2. The van der Waals surface area contributed by atoms with Gasteiger partial charge in [0.2, 0.25) is 5.91 Å². The smallest absolute Gasteiger partial charge is 0.230 e. The van der Waals surface area contributed by atoms with Crippen molar-refractivity contribution in [3.05, 3.63) is 66.1 Å². The van der Waals surface area contributed by atoms with Crippen molar-refractivity contribution in [1.29, 1.82) is 0 Å². The largest absolute Gasteiger partial charge is 0.387 e. The molecule has 2 unspecified atom stereocenters. The topological polar surface area (TPSA) is 157 Å². The van der Waals surface area contributed by atoms with Gasteiger partial charge in [0, 0.05) is 40.9 Å². The van der Waals surface area contributed by atoms with E-state index in [9.17, 15) is 9.59 Å². The fraction of sp³-hybridized carbons (Fsp3) is 0.323. The lowest BCUT2D eigenvalue weighted by Gasteiger charge is -2.39. The van der Waals surface area contributed by atoms with Gasteiger partial charge in [0.1, 0.15) is 24.0 Å². The van der Waals surface area contributed by atoms with Crippen LogP contribution in [0.2, 0.25) is 0 Å². The number of anilines is 1. The molecule has 4 N–H and O–H groups in total. The standard InChI is InChI=1S/C31H31N9O2/c1-17(41)28-29(20-11-21-8-9-22(12-20)39(21)27(42)13-25(32)37-26-16-35-26)38-31-23(15-36-40(31)30(28)33)19-7-10-24(34-14-19)18-5-3-2-4-6-18/h2-7,10,14-15,20-22H,8-9,11-13,16,33H2,1H3,(H2,32,35,37). The first-order valence-corrected chi connectivity index (χ1v) is 14.2. The van der Waals surface area contributed by atoms with Gasteiger partial charge in [0.05, 0.1) is 29.6 Å². The summed E-state index contributed by atoms with van der Waals surface area (Å²) < 4.78 is 1.54. The van der Waals surface area contributed by atoms with Crippen LogP contribution in [0.4, 0.5) is 5.82 Å². The van der Waals surface area contributed by atoms with Crippen LogP contribution in [0.25, 0.3) is 28.0 Å². The third-order valence-corrected chi connectivity index (χ3v) is 8.52. The van der Waals surface area contributed by atoms with Gasteiger partial charge < -0.3 is 16.4 Å². The van der Waals surface area contributed by atoms with Crippen molar-refractivity contribution in [2.45, 2.75) is 57.0 Å². The molecule has 1 amide bonds. The van der Waals surface area contributed by atoms with E-state index in [0.29, 0.717) is 48.0 Å². The van der Waals surface area contributed by atoms with Gasteiger partial charge in [-0.3, -0.25) is 19.6 Å². The summed E-state index contributed by atoms with van der Waals surface area (Å²) in [5.74, 6) is 1.09. The number of pyridine rings is 1. The Morgan fingerprint density at radius 1 is 1.02 bits per heavy atom. The van der Waals surface area contributed by atoms with Gasteiger partial charge in [-0.25, -0.2) is 9.98 Å². The van der Waals surface area contributed by atoms with E-state index in [1.54, 1.807) is 10.7 Å². The Kier molecular flexibility index (Phi) is 6.29. The molecule has 212 valence electrons. The number of benzene rings is 1. The Bertz CT molecular complexity index is 1760. The number of rotatable bonds is 6. The third-order valence-electron chi connectivity index (χ3n) is 8.52. The molecule has 0 spiro atoms. The van der Waals surface area contributed by atoms with Crippen LogP contribution in [-0.2, 0) is 4.79 Å². The number of piperidine rings is 1. The summed E-state index contributed by atoms with van der Waals surface area (Å²) in [7, 11) is 0. The summed E-state index contributed by atoms with van der Waals surface area (Å²) in [6, 6.07) is 14.1. The number of hydrogen-bond donors (Lipinski definition) is 2. The van der Waals surface area contributed by atoms with Crippen molar-refractivity contribution in [1.82, 2.24) is 24.5 Å². The summed E-state index contributed by atoms with van der Waals surface area (Å²) in [6.07, 6.45) is 6.82. The molecule has 0 radical (unpaired) electrons. The number of hydrogen-bond acceptors (Lipinski definition) is 8. The number of nitrogen functional groups attached to an aromatic ring is 1. The lowest BCUT2D eigenvalue weighted by Crippen LogP contribution is -2.47. The number of Topliss-reactive ketones (excluding diaryl/α,β-unsaturated/α-hetero) is 1. The molecule has 42 heavy (non-hydrogen) atoms. The maximum absolute atomic E-state index is 13.2. The summed E-state index contributed by atoms with van der Waals surface area (Å²) in [4.78, 5) is 46.1. The van der Waals surface area contributed by atoms with Crippen LogP contribution >= 0.6 is 0 Å². The Balaban J connectivity index is 1.21. The summed E-state index contributed by atoms with van der Waals surface area (Å²) in [6.45, 7) is 2.11. The average Bonchev–Trinajstić information content (AvgIpc) is 3.62. The fourth-order valence-corrected chi connectivity index (χ4v) is 6.59. The van der Waals surface area contributed by atoms with Crippen LogP contribution in [0.1, 0.15) is 61.0 Å². The van der Waals surface area contributed by atoms with E-state index in [1.165, 1.54) is 6.92 Å². The van der Waals surface area contributed by atoms with Gasteiger partial charge in [-0.15, -0.1) is 0 Å². The second-order valence-electron chi connectivity index (χ2n) is 11.3. The van der Waals surface area contributed by atoms with Crippen LogP contribution in [0.3, 0.4) is 0 Å². The third kappa shape index (κ3) is 4.60. The van der Waals surface area contributed by atoms with Crippen molar-refractivity contribution >= 4 is 34.8 Å². The first-order chi connectivity index (χ1) is 20.4. The molecule has 2 atom stereocenters. The summed E-state index contributed by atoms with van der Waals surface area (Å²) in [5, 5.41) is 4.50. The minimum absolute atomic E-state index is 0.0114.